The average molecular weight is 246 g/mol. The molecule has 0 aromatic rings. The number of ether oxygens (including phenoxy) is 1. The molecule has 78 valence electrons. The van der Waals surface area contributed by atoms with E-state index in [1.165, 1.54) is 0 Å². The molecule has 0 amide bonds. The highest BCUT2D eigenvalue weighted by molar-refractivity contribution is 6.59. The lowest BCUT2D eigenvalue weighted by Gasteiger charge is -2.14. The summed E-state index contributed by atoms with van der Waals surface area (Å²) in [5.74, 6) is 0.233. The Kier molecular flexibility index (Phi) is 8.27. The summed E-state index contributed by atoms with van der Waals surface area (Å²) in [5, 5.41) is 0.558. The van der Waals surface area contributed by atoms with E-state index in [4.69, 9.17) is 39.5 Å². The van der Waals surface area contributed by atoms with Gasteiger partial charge in [-0.15, -0.1) is 0 Å². The van der Waals surface area contributed by atoms with E-state index >= 15 is 0 Å². The van der Waals surface area contributed by atoms with Crippen LogP contribution in [0.3, 0.4) is 0 Å². The first kappa shape index (κ1) is 13.6. The maximum atomic E-state index is 5.96. The molecule has 0 saturated heterocycles. The Hall–Kier alpha value is 0.570. The molecule has 0 aromatic carbocycles. The van der Waals surface area contributed by atoms with Crippen molar-refractivity contribution < 1.29 is 4.74 Å². The summed E-state index contributed by atoms with van der Waals surface area (Å²) in [6, 6.07) is 0. The predicted octanol–water partition coefficient (Wildman–Crippen LogP) is 4.32. The number of hydrogen-bond acceptors (Lipinski definition) is 1. The van der Waals surface area contributed by atoms with Crippen LogP contribution in [0.4, 0.5) is 0 Å². The van der Waals surface area contributed by atoms with Gasteiger partial charge in [-0.05, 0) is 18.8 Å². The molecule has 0 fully saturated rings. The van der Waals surface area contributed by atoms with E-state index in [2.05, 4.69) is 6.92 Å². The highest BCUT2D eigenvalue weighted by Gasteiger charge is 2.14. The van der Waals surface area contributed by atoms with Gasteiger partial charge in [-0.25, -0.2) is 0 Å². The van der Waals surface area contributed by atoms with Crippen LogP contribution in [0, 0.1) is 5.92 Å². The van der Waals surface area contributed by atoms with Crippen LogP contribution in [0.25, 0.3) is 0 Å². The number of rotatable bonds is 6. The Balaban J connectivity index is 4.15. The zero-order valence-electron chi connectivity index (χ0n) is 7.95. The summed E-state index contributed by atoms with van der Waals surface area (Å²) in [6.07, 6.45) is 2.92. The third kappa shape index (κ3) is 5.79. The molecule has 0 radical (unpaired) electrons. The maximum Gasteiger partial charge on any atom is 0.121 e. The van der Waals surface area contributed by atoms with Crippen LogP contribution >= 0.6 is 34.8 Å². The Bertz CT molecular complexity index is 164. The van der Waals surface area contributed by atoms with Gasteiger partial charge in [0, 0.05) is 13.7 Å². The highest BCUT2D eigenvalue weighted by Crippen LogP contribution is 2.30. The van der Waals surface area contributed by atoms with Gasteiger partial charge in [-0.3, -0.25) is 0 Å². The summed E-state index contributed by atoms with van der Waals surface area (Å²) in [6.45, 7) is 2.79. The number of hydrogen-bond donors (Lipinski definition) is 0. The van der Waals surface area contributed by atoms with Gasteiger partial charge < -0.3 is 4.74 Å². The third-order valence-electron chi connectivity index (χ3n) is 1.85. The van der Waals surface area contributed by atoms with Gasteiger partial charge in [0.15, 0.2) is 0 Å². The van der Waals surface area contributed by atoms with Gasteiger partial charge in [0.05, 0.1) is 5.03 Å². The Morgan fingerprint density at radius 1 is 1.23 bits per heavy atom. The molecular weight excluding hydrogens is 230 g/mol. The Morgan fingerprint density at radius 2 is 1.85 bits per heavy atom. The summed E-state index contributed by atoms with van der Waals surface area (Å²) in [5.41, 5.74) is 0. The average Bonchev–Trinajstić information content (AvgIpc) is 2.11. The summed E-state index contributed by atoms with van der Waals surface area (Å²) in [7, 11) is 1.67. The highest BCUT2D eigenvalue weighted by atomic mass is 35.5. The summed E-state index contributed by atoms with van der Waals surface area (Å²) < 4.78 is 5.16. The van der Waals surface area contributed by atoms with Crippen LogP contribution in [0.2, 0.25) is 0 Å². The lowest BCUT2D eigenvalue weighted by atomic mass is 10.0. The minimum Gasteiger partial charge on any atom is -0.385 e. The third-order valence-corrected chi connectivity index (χ3v) is 2.94. The topological polar surface area (TPSA) is 9.23 Å². The lowest BCUT2D eigenvalue weighted by molar-refractivity contribution is 0.182. The van der Waals surface area contributed by atoms with Crippen molar-refractivity contribution in [3.8, 4) is 0 Å². The molecule has 0 rings (SSSR count). The van der Waals surface area contributed by atoms with Crippen molar-refractivity contribution in [2.45, 2.75) is 26.2 Å². The standard InChI is InChI=1S/C9H15Cl3O/c1-3-4-7(5-6-13-2)8(10)9(11)12/h7H,3-6H2,1-2H3. The van der Waals surface area contributed by atoms with Crippen molar-refractivity contribution in [3.05, 3.63) is 9.52 Å². The summed E-state index contributed by atoms with van der Waals surface area (Å²) in [4.78, 5) is 0. The van der Waals surface area contributed by atoms with Crippen molar-refractivity contribution in [3.63, 3.8) is 0 Å². The normalized spacial score (nSPS) is 12.7. The molecule has 0 aromatic heterocycles. The van der Waals surface area contributed by atoms with Crippen molar-refractivity contribution in [2.24, 2.45) is 5.92 Å². The minimum absolute atomic E-state index is 0.177. The van der Waals surface area contributed by atoms with E-state index in [9.17, 15) is 0 Å². The smallest absolute Gasteiger partial charge is 0.121 e. The van der Waals surface area contributed by atoms with Crippen molar-refractivity contribution in [1.82, 2.24) is 0 Å². The van der Waals surface area contributed by atoms with Crippen LogP contribution in [-0.4, -0.2) is 13.7 Å². The van der Waals surface area contributed by atoms with Gasteiger partial charge in [-0.2, -0.15) is 0 Å². The number of methoxy groups -OCH3 is 1. The molecule has 0 aliphatic rings. The zero-order chi connectivity index (χ0) is 10.3. The molecule has 1 nitrogen and oxygen atoms in total. The number of halogens is 3. The van der Waals surface area contributed by atoms with Crippen LogP contribution < -0.4 is 0 Å². The van der Waals surface area contributed by atoms with Crippen LogP contribution in [0.15, 0.2) is 9.52 Å². The molecule has 13 heavy (non-hydrogen) atoms. The van der Waals surface area contributed by atoms with Crippen molar-refractivity contribution in [1.29, 1.82) is 0 Å². The first-order chi connectivity index (χ1) is 6.13. The molecule has 1 unspecified atom stereocenters. The van der Waals surface area contributed by atoms with E-state index in [0.29, 0.717) is 11.6 Å². The number of allylic oxidation sites excluding steroid dienone is 1. The fraction of sp³-hybridized carbons (Fsp3) is 0.778. The minimum atomic E-state index is 0.177. The van der Waals surface area contributed by atoms with Gasteiger partial charge in [0.1, 0.15) is 4.49 Å². The molecule has 0 bridgehead atoms. The lowest BCUT2D eigenvalue weighted by Crippen LogP contribution is -2.05. The fourth-order valence-corrected chi connectivity index (χ4v) is 1.69. The van der Waals surface area contributed by atoms with Crippen molar-refractivity contribution in [2.75, 3.05) is 13.7 Å². The molecule has 0 N–H and O–H groups in total. The molecule has 0 saturated carbocycles. The molecule has 0 aliphatic carbocycles. The first-order valence-electron chi connectivity index (χ1n) is 4.33. The summed E-state index contributed by atoms with van der Waals surface area (Å²) >= 11 is 17.2. The maximum absolute atomic E-state index is 5.96. The van der Waals surface area contributed by atoms with Crippen molar-refractivity contribution >= 4 is 34.8 Å². The molecule has 4 heteroatoms. The van der Waals surface area contributed by atoms with Crippen LogP contribution in [-0.2, 0) is 4.74 Å². The predicted molar refractivity (Wildman–Crippen MR) is 59.5 cm³/mol. The van der Waals surface area contributed by atoms with E-state index in [0.717, 1.165) is 19.3 Å². The van der Waals surface area contributed by atoms with E-state index in [1.807, 2.05) is 0 Å². The monoisotopic (exact) mass is 244 g/mol. The fourth-order valence-electron chi connectivity index (χ4n) is 1.16. The van der Waals surface area contributed by atoms with Crippen LogP contribution in [0.1, 0.15) is 26.2 Å². The molecule has 0 heterocycles. The van der Waals surface area contributed by atoms with Gasteiger partial charge in [0.2, 0.25) is 0 Å². The largest absolute Gasteiger partial charge is 0.385 e. The van der Waals surface area contributed by atoms with Gasteiger partial charge in [-0.1, -0.05) is 48.1 Å². The Labute approximate surface area is 95.0 Å². The first-order valence-corrected chi connectivity index (χ1v) is 5.46. The second-order valence-electron chi connectivity index (χ2n) is 2.88. The molecule has 0 spiro atoms. The van der Waals surface area contributed by atoms with Gasteiger partial charge in [0.25, 0.3) is 0 Å². The SMILES string of the molecule is CCCC(CCOC)C(Cl)=C(Cl)Cl. The van der Waals surface area contributed by atoms with E-state index in [-0.39, 0.29) is 10.4 Å². The molecule has 0 aliphatic heterocycles. The Morgan fingerprint density at radius 3 is 2.23 bits per heavy atom. The van der Waals surface area contributed by atoms with E-state index < -0.39 is 0 Å². The molecule has 1 atom stereocenters. The zero-order valence-corrected chi connectivity index (χ0v) is 10.2. The van der Waals surface area contributed by atoms with Gasteiger partial charge >= 0.3 is 0 Å². The quantitative estimate of drug-likeness (QED) is 0.677. The van der Waals surface area contributed by atoms with E-state index in [1.54, 1.807) is 7.11 Å². The second-order valence-corrected chi connectivity index (χ2v) is 4.23. The molecular formula is C9H15Cl3O. The second kappa shape index (κ2) is 7.93. The van der Waals surface area contributed by atoms with Crippen LogP contribution in [0.5, 0.6) is 0 Å².